The molecule has 0 spiro atoms. The van der Waals surface area contributed by atoms with Gasteiger partial charge in [0.15, 0.2) is 0 Å². The van der Waals surface area contributed by atoms with E-state index in [1.54, 1.807) is 5.57 Å². The summed E-state index contributed by atoms with van der Waals surface area (Å²) in [5.41, 5.74) is 5.20. The smallest absolute Gasteiger partial charge is 0.0811 e. The van der Waals surface area contributed by atoms with E-state index in [2.05, 4.69) is 67.3 Å². The van der Waals surface area contributed by atoms with Gasteiger partial charge in [-0.15, -0.1) is 0 Å². The summed E-state index contributed by atoms with van der Waals surface area (Å²) in [5, 5.41) is 20.2. The lowest BCUT2D eigenvalue weighted by atomic mass is 9.60. The molecule has 0 unspecified atom stereocenters. The molecule has 5 rings (SSSR count). The SMILES string of the molecule is [2H]C([2H])([2H])C(CCC[C@@H](C)[C@H]1CC[C@H]2/C(=C/Br)CCC[C@]12C)C([2H])([2H])[2H].[2H]C([2H])([2H])C(CCC[C@@H](C)[C@H]1CC[C@H]2/C(=C/C=C3/C[C@H](O)C[C@H](O)C3=C)CCC[C@]12C)C([2H])([2H])[2H]. The molecule has 0 aromatic heterocycles. The lowest BCUT2D eigenvalue weighted by Crippen LogP contribution is -2.36. The van der Waals surface area contributed by atoms with Crippen LogP contribution >= 0.6 is 15.9 Å². The van der Waals surface area contributed by atoms with Crippen molar-refractivity contribution < 1.29 is 26.7 Å². The molecule has 0 aromatic rings. The largest absolute Gasteiger partial charge is 0.393 e. The van der Waals surface area contributed by atoms with Gasteiger partial charge in [-0.3, -0.25) is 0 Å². The Labute approximate surface area is 329 Å². The highest BCUT2D eigenvalue weighted by Gasteiger charge is 2.51. The normalized spacial score (nSPS) is 43.2. The standard InChI is InChI=1S/C27H44O2.C19H33Br/c1-18(2)8-6-9-19(3)24-13-14-25-21(10-7-15-27(24,25)5)11-12-22-16-23(28)17-26(29)20(22)4;1-14(2)7-5-8-15(3)17-10-11-18-16(13-20)9-6-12-19(17,18)4/h11-12,18-19,23-26,28-29H,4,6-10,13-17H2,1-3,5H3;13-15,17-18H,5-12H2,1-4H3/b21-11+,22-12-;16-13+/t19-,23+,24-,25+,26+,27-;15-,17-,18+,19-/m11/s1/i2*1D3,2D3. The van der Waals surface area contributed by atoms with Crippen molar-refractivity contribution in [2.45, 2.75) is 183 Å². The molecular formula is C46H77BrO2. The van der Waals surface area contributed by atoms with Crippen LogP contribution in [0.1, 0.15) is 187 Å². The van der Waals surface area contributed by atoms with Crippen LogP contribution in [0, 0.1) is 58.2 Å². The molecule has 0 aromatic carbocycles. The Hall–Kier alpha value is -0.640. The van der Waals surface area contributed by atoms with Crippen LogP contribution in [0.3, 0.4) is 0 Å². The Morgan fingerprint density at radius 3 is 1.82 bits per heavy atom. The number of aliphatic hydroxyl groups is 2. The number of hydrogen-bond acceptors (Lipinski definition) is 2. The minimum atomic E-state index is -2.45. The monoisotopic (exact) mass is 753 g/mol. The zero-order valence-electron chi connectivity index (χ0n) is 43.2. The first kappa shape index (κ1) is 27.0. The fraction of sp³-hybridized carbons (Fsp3) is 0.826. The summed E-state index contributed by atoms with van der Waals surface area (Å²) >= 11 is 3.55. The first-order valence-electron chi connectivity index (χ1n) is 25.8. The Balaban J connectivity index is 0.000000281. The molecule has 280 valence electrons. The first-order chi connectivity index (χ1) is 28.1. The highest BCUT2D eigenvalue weighted by molar-refractivity contribution is 9.11. The second-order valence-electron chi connectivity index (χ2n) is 17.4. The van der Waals surface area contributed by atoms with E-state index in [1.165, 1.54) is 44.1 Å². The van der Waals surface area contributed by atoms with Crippen LogP contribution in [0.2, 0.25) is 0 Å². The molecule has 0 amide bonds. The van der Waals surface area contributed by atoms with E-state index >= 15 is 0 Å². The average Bonchev–Trinajstić information content (AvgIpc) is 3.67. The lowest BCUT2D eigenvalue weighted by molar-refractivity contribution is 0.0861. The maximum atomic E-state index is 10.2. The third-order valence-electron chi connectivity index (χ3n) is 14.2. The molecule has 5 saturated carbocycles. The number of rotatable bonds is 11. The van der Waals surface area contributed by atoms with Crippen LogP contribution in [0.25, 0.3) is 0 Å². The fourth-order valence-electron chi connectivity index (χ4n) is 11.5. The fourth-order valence-corrected chi connectivity index (χ4v) is 12.1. The van der Waals surface area contributed by atoms with Gasteiger partial charge in [0.05, 0.1) is 12.2 Å². The van der Waals surface area contributed by atoms with Crippen molar-refractivity contribution in [1.29, 1.82) is 0 Å². The Bertz CT molecular complexity index is 1530. The topological polar surface area (TPSA) is 40.5 Å². The highest BCUT2D eigenvalue weighted by Crippen LogP contribution is 2.61. The van der Waals surface area contributed by atoms with Gasteiger partial charge < -0.3 is 10.2 Å². The Kier molecular flexibility index (Phi) is 10.2. The van der Waals surface area contributed by atoms with Crippen molar-refractivity contribution in [2.75, 3.05) is 0 Å². The van der Waals surface area contributed by atoms with E-state index in [1.807, 2.05) is 0 Å². The van der Waals surface area contributed by atoms with Crippen LogP contribution in [0.15, 0.2) is 46.0 Å². The van der Waals surface area contributed by atoms with Crippen LogP contribution in [-0.2, 0) is 0 Å². The molecule has 5 fully saturated rings. The number of halogens is 1. The maximum Gasteiger partial charge on any atom is 0.0811 e. The molecule has 5 aliphatic carbocycles. The summed E-state index contributed by atoms with van der Waals surface area (Å²) in [6.45, 7) is 3.71. The van der Waals surface area contributed by atoms with Crippen LogP contribution in [-0.4, -0.2) is 22.4 Å². The number of allylic oxidation sites excluding steroid dienone is 4. The van der Waals surface area contributed by atoms with Gasteiger partial charge >= 0.3 is 0 Å². The minimum Gasteiger partial charge on any atom is -0.393 e. The molecule has 2 nitrogen and oxygen atoms in total. The van der Waals surface area contributed by atoms with Crippen molar-refractivity contribution in [3.8, 4) is 0 Å². The number of aliphatic hydroxyl groups excluding tert-OH is 2. The molecule has 2 N–H and O–H groups in total. The molecule has 0 heterocycles. The quantitative estimate of drug-likeness (QED) is 0.221. The molecular weight excluding hydrogens is 664 g/mol. The van der Waals surface area contributed by atoms with Gasteiger partial charge in [0.1, 0.15) is 0 Å². The van der Waals surface area contributed by atoms with E-state index in [9.17, 15) is 10.2 Å². The van der Waals surface area contributed by atoms with Gasteiger partial charge in [-0.05, 0) is 145 Å². The summed E-state index contributed by atoms with van der Waals surface area (Å²) in [6.07, 6.45) is 19.4. The third-order valence-corrected chi connectivity index (χ3v) is 14.7. The summed E-state index contributed by atoms with van der Waals surface area (Å²) < 4.78 is 91.2. The molecule has 0 bridgehead atoms. The second-order valence-corrected chi connectivity index (χ2v) is 17.8. The van der Waals surface area contributed by atoms with E-state index in [4.69, 9.17) is 16.4 Å². The summed E-state index contributed by atoms with van der Waals surface area (Å²) in [7, 11) is 0. The van der Waals surface area contributed by atoms with E-state index in [0.29, 0.717) is 66.6 Å². The zero-order chi connectivity index (χ0) is 45.9. The Morgan fingerprint density at radius 1 is 0.796 bits per heavy atom. The predicted octanol–water partition coefficient (Wildman–Crippen LogP) is 13.5. The maximum absolute atomic E-state index is 10.2. The van der Waals surface area contributed by atoms with Crippen molar-refractivity contribution >= 4 is 15.9 Å². The van der Waals surface area contributed by atoms with E-state index < -0.39 is 51.5 Å². The lowest BCUT2D eigenvalue weighted by Gasteiger charge is -2.44. The van der Waals surface area contributed by atoms with Crippen molar-refractivity contribution in [3.05, 3.63) is 46.0 Å². The molecule has 0 saturated heterocycles. The summed E-state index contributed by atoms with van der Waals surface area (Å²) in [6, 6.07) is 0. The van der Waals surface area contributed by atoms with Crippen LogP contribution < -0.4 is 0 Å². The van der Waals surface area contributed by atoms with Crippen molar-refractivity contribution in [3.63, 3.8) is 0 Å². The molecule has 10 atom stereocenters. The highest BCUT2D eigenvalue weighted by atomic mass is 79.9. The summed E-state index contributed by atoms with van der Waals surface area (Å²) in [4.78, 5) is 2.14. The Morgan fingerprint density at radius 2 is 1.31 bits per heavy atom. The van der Waals surface area contributed by atoms with Crippen molar-refractivity contribution in [2.24, 2.45) is 58.2 Å². The number of fused-ring (bicyclic) bond motifs is 2. The number of hydrogen-bond donors (Lipinski definition) is 2. The average molecular weight is 754 g/mol. The van der Waals surface area contributed by atoms with Gasteiger partial charge in [0, 0.05) is 22.9 Å². The predicted molar refractivity (Wildman–Crippen MR) is 216 cm³/mol. The van der Waals surface area contributed by atoms with E-state index in [-0.39, 0.29) is 18.3 Å². The van der Waals surface area contributed by atoms with Crippen molar-refractivity contribution in [1.82, 2.24) is 0 Å². The molecule has 3 heteroatoms. The van der Waals surface area contributed by atoms with E-state index in [0.717, 1.165) is 49.7 Å². The van der Waals surface area contributed by atoms with Gasteiger partial charge in [-0.2, -0.15) is 0 Å². The minimum absolute atomic E-state index is 0.193. The molecule has 0 aliphatic heterocycles. The molecule has 5 aliphatic rings. The molecule has 0 radical (unpaired) electrons. The van der Waals surface area contributed by atoms with Gasteiger partial charge in [0.2, 0.25) is 0 Å². The van der Waals surface area contributed by atoms with Crippen LogP contribution in [0.4, 0.5) is 0 Å². The van der Waals surface area contributed by atoms with Crippen LogP contribution in [0.5, 0.6) is 0 Å². The van der Waals surface area contributed by atoms with Gasteiger partial charge in [-0.25, -0.2) is 0 Å². The first-order valence-corrected chi connectivity index (χ1v) is 20.7. The van der Waals surface area contributed by atoms with Gasteiger partial charge in [-0.1, -0.05) is 139 Å². The second kappa shape index (κ2) is 18.4. The molecule has 49 heavy (non-hydrogen) atoms. The summed E-state index contributed by atoms with van der Waals surface area (Å²) in [5.74, 6) is 0.828. The third kappa shape index (κ3) is 10.1. The van der Waals surface area contributed by atoms with Gasteiger partial charge in [0.25, 0.3) is 0 Å². The zero-order valence-corrected chi connectivity index (χ0v) is 32.8.